The molecule has 0 saturated heterocycles. The van der Waals surface area contributed by atoms with E-state index in [4.69, 9.17) is 4.42 Å². The van der Waals surface area contributed by atoms with Crippen LogP contribution >= 0.6 is 15.9 Å². The Kier molecular flexibility index (Phi) is 3.83. The number of aromatic nitrogens is 1. The number of fused-ring (bicyclic) bond motifs is 1. The molecule has 21 heavy (non-hydrogen) atoms. The summed E-state index contributed by atoms with van der Waals surface area (Å²) in [5.74, 6) is 0.873. The maximum absolute atomic E-state index is 11.8. The number of benzene rings is 1. The first-order valence-electron chi connectivity index (χ1n) is 6.30. The van der Waals surface area contributed by atoms with Gasteiger partial charge in [0.15, 0.2) is 0 Å². The van der Waals surface area contributed by atoms with Gasteiger partial charge in [0.1, 0.15) is 17.2 Å². The fourth-order valence-electron chi connectivity index (χ4n) is 1.86. The van der Waals surface area contributed by atoms with Gasteiger partial charge >= 0.3 is 0 Å². The van der Waals surface area contributed by atoms with Crippen LogP contribution in [0, 0.1) is 0 Å². The molecule has 2 aromatic heterocycles. The molecule has 0 atom stereocenters. The molecule has 2 heterocycles. The van der Waals surface area contributed by atoms with Gasteiger partial charge in [-0.25, -0.2) is 4.98 Å². The summed E-state index contributed by atoms with van der Waals surface area (Å²) in [6, 6.07) is 13.1. The smallest absolute Gasteiger partial charge is 0.249 e. The molecule has 0 saturated carbocycles. The highest BCUT2D eigenvalue weighted by Gasteiger charge is 2.02. The van der Waals surface area contributed by atoms with Crippen LogP contribution in [0.4, 0.5) is 5.82 Å². The van der Waals surface area contributed by atoms with Crippen LogP contribution in [-0.2, 0) is 4.79 Å². The molecule has 0 bridgehead atoms. The van der Waals surface area contributed by atoms with Crippen molar-refractivity contribution in [1.82, 2.24) is 4.98 Å². The molecule has 3 rings (SSSR count). The summed E-state index contributed by atoms with van der Waals surface area (Å²) in [7, 11) is 0. The van der Waals surface area contributed by atoms with Crippen molar-refractivity contribution in [3.63, 3.8) is 0 Å². The van der Waals surface area contributed by atoms with Gasteiger partial charge in [-0.1, -0.05) is 18.2 Å². The second kappa shape index (κ2) is 5.93. The van der Waals surface area contributed by atoms with Gasteiger partial charge in [-0.2, -0.15) is 0 Å². The first-order chi connectivity index (χ1) is 10.2. The number of hydrogen-bond acceptors (Lipinski definition) is 3. The number of carbonyl (C=O) groups is 1. The van der Waals surface area contributed by atoms with E-state index in [1.54, 1.807) is 18.3 Å². The zero-order valence-corrected chi connectivity index (χ0v) is 12.5. The van der Waals surface area contributed by atoms with Crippen LogP contribution in [0.5, 0.6) is 0 Å². The van der Waals surface area contributed by atoms with Crippen LogP contribution in [0.25, 0.3) is 17.0 Å². The van der Waals surface area contributed by atoms with Crippen LogP contribution in [0.2, 0.25) is 0 Å². The van der Waals surface area contributed by atoms with E-state index in [0.29, 0.717) is 11.6 Å². The Balaban J connectivity index is 1.70. The normalized spacial score (nSPS) is 11.1. The van der Waals surface area contributed by atoms with Crippen molar-refractivity contribution in [1.29, 1.82) is 0 Å². The molecule has 1 aromatic carbocycles. The zero-order chi connectivity index (χ0) is 14.7. The summed E-state index contributed by atoms with van der Waals surface area (Å²) in [5.41, 5.74) is 0.798. The van der Waals surface area contributed by atoms with Crippen LogP contribution in [0.3, 0.4) is 0 Å². The van der Waals surface area contributed by atoms with Crippen LogP contribution in [0.15, 0.2) is 63.6 Å². The number of carbonyl (C=O) groups excluding carboxylic acids is 1. The second-order valence-electron chi connectivity index (χ2n) is 4.37. The SMILES string of the molecule is O=C(/C=C/c1cc2ccccc2o1)Nc1ccc(Br)cn1. The van der Waals surface area contributed by atoms with Crippen LogP contribution in [0.1, 0.15) is 5.76 Å². The Morgan fingerprint density at radius 2 is 2.10 bits per heavy atom. The van der Waals surface area contributed by atoms with Crippen molar-refractivity contribution >= 4 is 44.7 Å². The van der Waals surface area contributed by atoms with Gasteiger partial charge in [0, 0.05) is 22.1 Å². The minimum atomic E-state index is -0.259. The third-order valence-corrected chi connectivity index (χ3v) is 3.29. The van der Waals surface area contributed by atoms with E-state index in [-0.39, 0.29) is 5.91 Å². The van der Waals surface area contributed by atoms with E-state index in [0.717, 1.165) is 15.4 Å². The third kappa shape index (κ3) is 3.38. The lowest BCUT2D eigenvalue weighted by Crippen LogP contribution is -2.08. The summed E-state index contributed by atoms with van der Waals surface area (Å²) in [5, 5.41) is 3.68. The van der Waals surface area contributed by atoms with Crippen molar-refractivity contribution < 1.29 is 9.21 Å². The minimum Gasteiger partial charge on any atom is -0.457 e. The van der Waals surface area contributed by atoms with E-state index in [1.165, 1.54) is 6.08 Å². The Bertz CT molecular complexity index is 774. The van der Waals surface area contributed by atoms with Gasteiger partial charge in [0.2, 0.25) is 5.91 Å². The molecule has 0 aliphatic rings. The van der Waals surface area contributed by atoms with E-state index < -0.39 is 0 Å². The van der Waals surface area contributed by atoms with E-state index >= 15 is 0 Å². The van der Waals surface area contributed by atoms with Gasteiger partial charge in [0.25, 0.3) is 0 Å². The number of rotatable bonds is 3. The molecule has 3 aromatic rings. The van der Waals surface area contributed by atoms with Gasteiger partial charge < -0.3 is 9.73 Å². The molecule has 4 nitrogen and oxygen atoms in total. The summed E-state index contributed by atoms with van der Waals surface area (Å²) in [4.78, 5) is 15.9. The lowest BCUT2D eigenvalue weighted by molar-refractivity contribution is -0.111. The van der Waals surface area contributed by atoms with Crippen LogP contribution in [-0.4, -0.2) is 10.9 Å². The summed E-state index contributed by atoms with van der Waals surface area (Å²) in [6.45, 7) is 0. The fourth-order valence-corrected chi connectivity index (χ4v) is 2.09. The van der Waals surface area contributed by atoms with E-state index in [1.807, 2.05) is 36.4 Å². The van der Waals surface area contributed by atoms with Crippen molar-refractivity contribution in [3.05, 3.63) is 65.0 Å². The van der Waals surface area contributed by atoms with Gasteiger partial charge in [-0.15, -0.1) is 0 Å². The first-order valence-corrected chi connectivity index (χ1v) is 7.09. The summed E-state index contributed by atoms with van der Waals surface area (Å²) < 4.78 is 6.46. The molecule has 1 amide bonds. The Morgan fingerprint density at radius 1 is 1.24 bits per heavy atom. The number of hydrogen-bond donors (Lipinski definition) is 1. The summed E-state index contributed by atoms with van der Waals surface area (Å²) in [6.07, 6.45) is 4.67. The molecule has 0 spiro atoms. The third-order valence-electron chi connectivity index (χ3n) is 2.82. The molecular weight excluding hydrogens is 332 g/mol. The van der Waals surface area contributed by atoms with E-state index in [2.05, 4.69) is 26.2 Å². The molecule has 0 aliphatic carbocycles. The van der Waals surface area contributed by atoms with Crippen LogP contribution < -0.4 is 5.32 Å². The number of pyridine rings is 1. The number of para-hydroxylation sites is 1. The Hall–Kier alpha value is -2.40. The van der Waals surface area contributed by atoms with Crippen molar-refractivity contribution in [2.45, 2.75) is 0 Å². The largest absolute Gasteiger partial charge is 0.457 e. The minimum absolute atomic E-state index is 0.259. The van der Waals surface area contributed by atoms with Gasteiger partial charge in [-0.3, -0.25) is 4.79 Å². The molecule has 0 unspecified atom stereocenters. The number of amides is 1. The highest BCUT2D eigenvalue weighted by Crippen LogP contribution is 2.19. The highest BCUT2D eigenvalue weighted by atomic mass is 79.9. The quantitative estimate of drug-likeness (QED) is 0.724. The standard InChI is InChI=1S/C16H11BrN2O2/c17-12-5-7-15(18-10-12)19-16(20)8-6-13-9-11-3-1-2-4-14(11)21-13/h1-10H,(H,18,19,20)/b8-6+. The van der Waals surface area contributed by atoms with Crippen molar-refractivity contribution in [3.8, 4) is 0 Å². The maximum Gasteiger partial charge on any atom is 0.249 e. The number of nitrogens with one attached hydrogen (secondary N) is 1. The number of nitrogens with zero attached hydrogens (tertiary/aromatic N) is 1. The molecule has 1 N–H and O–H groups in total. The summed E-state index contributed by atoms with van der Waals surface area (Å²) >= 11 is 3.29. The molecule has 0 fully saturated rings. The number of anilines is 1. The monoisotopic (exact) mass is 342 g/mol. The highest BCUT2D eigenvalue weighted by molar-refractivity contribution is 9.10. The van der Waals surface area contributed by atoms with E-state index in [9.17, 15) is 4.79 Å². The zero-order valence-electron chi connectivity index (χ0n) is 10.9. The molecule has 104 valence electrons. The number of halogens is 1. The average molecular weight is 343 g/mol. The molecule has 5 heteroatoms. The molecule has 0 aliphatic heterocycles. The van der Waals surface area contributed by atoms with Gasteiger partial charge in [0.05, 0.1) is 0 Å². The average Bonchev–Trinajstić information content (AvgIpc) is 2.90. The Labute approximate surface area is 129 Å². The lowest BCUT2D eigenvalue weighted by Gasteiger charge is -1.99. The van der Waals surface area contributed by atoms with Gasteiger partial charge in [-0.05, 0) is 46.3 Å². The lowest BCUT2D eigenvalue weighted by atomic mass is 10.2. The maximum atomic E-state index is 11.8. The predicted octanol–water partition coefficient (Wildman–Crippen LogP) is 4.24. The van der Waals surface area contributed by atoms with Crippen molar-refractivity contribution in [2.24, 2.45) is 0 Å². The first kappa shape index (κ1) is 13.6. The predicted molar refractivity (Wildman–Crippen MR) is 85.8 cm³/mol. The number of furan rings is 1. The topological polar surface area (TPSA) is 55.1 Å². The fraction of sp³-hybridized carbons (Fsp3) is 0. The van der Waals surface area contributed by atoms with Crippen molar-refractivity contribution in [2.75, 3.05) is 5.32 Å². The second-order valence-corrected chi connectivity index (χ2v) is 5.29. The Morgan fingerprint density at radius 3 is 2.86 bits per heavy atom. The molecule has 0 radical (unpaired) electrons. The molecular formula is C16H11BrN2O2.